The van der Waals surface area contributed by atoms with E-state index < -0.39 is 6.04 Å². The van der Waals surface area contributed by atoms with Gasteiger partial charge in [0.15, 0.2) is 0 Å². The van der Waals surface area contributed by atoms with Crippen molar-refractivity contribution in [2.75, 3.05) is 14.7 Å². The number of hydrogen-bond donors (Lipinski definition) is 0. The van der Waals surface area contributed by atoms with Crippen molar-refractivity contribution in [3.63, 3.8) is 0 Å². The molecule has 0 amide bonds. The Labute approximate surface area is 542 Å². The molecule has 0 saturated carbocycles. The second kappa shape index (κ2) is 18.6. The first-order valence-corrected chi connectivity index (χ1v) is 34.0. The normalized spacial score (nSPS) is 23.1. The molecule has 0 saturated heterocycles. The highest BCUT2D eigenvalue weighted by Crippen LogP contribution is 2.58. The van der Waals surface area contributed by atoms with Gasteiger partial charge in [-0.2, -0.15) is 0 Å². The van der Waals surface area contributed by atoms with Gasteiger partial charge in [-0.25, -0.2) is 0 Å². The van der Waals surface area contributed by atoms with Crippen LogP contribution in [0.1, 0.15) is 265 Å². The van der Waals surface area contributed by atoms with E-state index >= 15 is 0 Å². The Hall–Kier alpha value is -6.46. The van der Waals surface area contributed by atoms with Crippen molar-refractivity contribution >= 4 is 85.5 Å². The van der Waals surface area contributed by atoms with E-state index in [-0.39, 0.29) is 90.7 Å². The van der Waals surface area contributed by atoms with Crippen molar-refractivity contribution in [2.24, 2.45) is 0 Å². The summed E-state index contributed by atoms with van der Waals surface area (Å²) in [4.78, 5) is 7.17. The van der Waals surface area contributed by atoms with Gasteiger partial charge in [0.25, 0.3) is 6.71 Å². The van der Waals surface area contributed by atoms with Gasteiger partial charge < -0.3 is 19.1 Å². The summed E-state index contributed by atoms with van der Waals surface area (Å²) in [5.74, 6) is 0. The predicted molar refractivity (Wildman–Crippen MR) is 381 cm³/mol. The number of benzene rings is 7. The Morgan fingerprint density at radius 1 is 0.360 bits per heavy atom. The van der Waals surface area contributed by atoms with Crippen molar-refractivity contribution in [1.82, 2.24) is 0 Å². The third-order valence-electron chi connectivity index (χ3n) is 24.8. The van der Waals surface area contributed by atoms with E-state index in [9.17, 15) is 5.48 Å². The summed E-state index contributed by atoms with van der Waals surface area (Å²) in [6.45, 7) is 47.8. The summed E-state index contributed by atoms with van der Waals surface area (Å²) >= 11 is 0. The van der Waals surface area contributed by atoms with E-state index in [0.29, 0.717) is 5.69 Å². The number of para-hydroxylation sites is 1. The van der Waals surface area contributed by atoms with Gasteiger partial charge in [-0.05, 0) is 264 Å². The first-order chi connectivity index (χ1) is 43.6. The van der Waals surface area contributed by atoms with E-state index in [1.807, 2.05) is 4.90 Å². The zero-order valence-electron chi connectivity index (χ0n) is 62.6. The maximum atomic E-state index is 10.1. The van der Waals surface area contributed by atoms with Crippen molar-refractivity contribution in [2.45, 2.75) is 257 Å². The number of nitrogens with zero attached hydrogens (tertiary/aromatic N) is 3. The molecule has 5 aliphatic carbocycles. The topological polar surface area (TPSA) is 22.9 Å². The van der Waals surface area contributed by atoms with Crippen LogP contribution in [-0.4, -0.2) is 6.71 Å². The zero-order valence-corrected chi connectivity index (χ0v) is 57.6. The molecule has 2 aliphatic heterocycles. The summed E-state index contributed by atoms with van der Waals surface area (Å²) in [6.07, 6.45) is 10.6. The smallest absolute Gasteiger partial charge is 0.297 e. The van der Waals surface area contributed by atoms with Gasteiger partial charge in [-0.1, -0.05) is 181 Å². The van der Waals surface area contributed by atoms with Crippen LogP contribution in [-0.2, 0) is 54.1 Å². The molecule has 0 unspecified atom stereocenters. The van der Waals surface area contributed by atoms with E-state index in [1.165, 1.54) is 61.1 Å². The molecule has 0 N–H and O–H groups in total. The number of furan rings is 1. The van der Waals surface area contributed by atoms with E-state index in [4.69, 9.17) is 5.79 Å². The SMILES string of the molecule is [2H]c1c([2H])c([2H])c(N(c2cc3c4c(c2)N(c2ccc5c(c2)C(C)(C)CCC5(C)C)c2c(oc5cc6c(cc25)C(C)(C)CCC6(C)C)B4c2cc4c(cc2N3c2ccc3c(c2)C(C)(C)CCC3(C)C)C(C)(C)CCC4(C)C)c2ccc3c(c2)C(C)(C)CCC3(C)C)c([2H])c1[2H]. The minimum Gasteiger partial charge on any atom is -0.468 e. The molecule has 0 radical (unpaired) electrons. The fraction of sp³-hybridized carbons (Fsp3) is 0.476. The molecule has 5 heteroatoms. The van der Waals surface area contributed by atoms with Crippen LogP contribution >= 0.6 is 0 Å². The molecule has 0 spiro atoms. The summed E-state index contributed by atoms with van der Waals surface area (Å²) < 4.78 is 56.2. The molecule has 8 aromatic rings. The van der Waals surface area contributed by atoms with Gasteiger partial charge in [-0.3, -0.25) is 0 Å². The second-order valence-corrected chi connectivity index (χ2v) is 35.5. The molecule has 7 aromatic carbocycles. The lowest BCUT2D eigenvalue weighted by atomic mass is 9.35. The number of anilines is 9. The second-order valence-electron chi connectivity index (χ2n) is 35.5. The average Bonchev–Trinajstić information content (AvgIpc) is 1.25. The fourth-order valence-electron chi connectivity index (χ4n) is 18.2. The molecule has 460 valence electrons. The summed E-state index contributed by atoms with van der Waals surface area (Å²) in [7, 11) is 0. The predicted octanol–water partition coefficient (Wildman–Crippen LogP) is 21.7. The largest absolute Gasteiger partial charge is 0.468 e. The maximum absolute atomic E-state index is 10.1. The van der Waals surface area contributed by atoms with Crippen LogP contribution in [0.25, 0.3) is 11.0 Å². The number of hydrogen-bond acceptors (Lipinski definition) is 4. The average molecular weight is 1180 g/mol. The summed E-state index contributed by atoms with van der Waals surface area (Å²) in [6, 6.07) is 34.5. The lowest BCUT2D eigenvalue weighted by Gasteiger charge is -2.47. The van der Waals surface area contributed by atoms with E-state index in [2.05, 4.69) is 239 Å². The van der Waals surface area contributed by atoms with Crippen LogP contribution in [0.15, 0.2) is 126 Å². The van der Waals surface area contributed by atoms with Gasteiger partial charge in [-0.15, -0.1) is 0 Å². The van der Waals surface area contributed by atoms with Crippen LogP contribution < -0.4 is 31.3 Å². The van der Waals surface area contributed by atoms with Gasteiger partial charge in [0.1, 0.15) is 5.58 Å². The maximum Gasteiger partial charge on any atom is 0.297 e. The standard InChI is InChI=1S/C84H100BN3O/c1-75(2)32-35-78(7,8)60-42-52(26-29-57(60)75)86(51-24-22-21-23-25-51)55-45-69-72-70(46-55)88(54-28-31-59-62(44-54)80(11,12)37-34-77(59,5)6)73-56-47-63-66(84(19,20)41-38-81(63,13)14)50-71(56)89-74(73)85(72)67-48-64-65(83(17,18)40-39-82(64,15)16)49-68(67)87(69)53-27-30-58-61(43-53)79(9,10)36-33-76(58,3)4/h21-31,42-50H,32-41H2,1-20H3/i21D,22D,23D,24D,25D. The highest BCUT2D eigenvalue weighted by atomic mass is 16.3. The number of rotatable bonds is 5. The lowest BCUT2D eigenvalue weighted by molar-refractivity contribution is 0.332. The molecule has 1 aromatic heterocycles. The first-order valence-electron chi connectivity index (χ1n) is 36.5. The third kappa shape index (κ3) is 8.70. The first kappa shape index (κ1) is 53.2. The van der Waals surface area contributed by atoms with E-state index in [0.717, 1.165) is 126 Å². The molecular weight excluding hydrogens is 1080 g/mol. The molecule has 7 aliphatic rings. The highest BCUT2D eigenvalue weighted by molar-refractivity contribution is 7.00. The molecule has 0 bridgehead atoms. The minimum absolute atomic E-state index is 0.0222. The van der Waals surface area contributed by atoms with Crippen molar-refractivity contribution in [3.8, 4) is 0 Å². The fourth-order valence-corrected chi connectivity index (χ4v) is 18.2. The van der Waals surface area contributed by atoms with Gasteiger partial charge >= 0.3 is 0 Å². The van der Waals surface area contributed by atoms with Gasteiger partial charge in [0.05, 0.1) is 23.9 Å². The summed E-state index contributed by atoms with van der Waals surface area (Å²) in [5.41, 5.74) is 24.4. The molecule has 15 rings (SSSR count). The van der Waals surface area contributed by atoms with Crippen LogP contribution in [0.2, 0.25) is 0 Å². The Kier molecular flexibility index (Phi) is 11.1. The van der Waals surface area contributed by atoms with Crippen molar-refractivity contribution < 1.29 is 11.3 Å². The zero-order chi connectivity index (χ0) is 67.4. The van der Waals surface area contributed by atoms with Crippen LogP contribution in [0.5, 0.6) is 0 Å². The Morgan fingerprint density at radius 3 is 1.22 bits per heavy atom. The monoisotopic (exact) mass is 1180 g/mol. The molecule has 3 heterocycles. The Balaban J connectivity index is 1.15. The molecule has 0 atom stereocenters. The number of fused-ring (bicyclic) bond motifs is 11. The Bertz CT molecular complexity index is 4600. The van der Waals surface area contributed by atoms with Gasteiger partial charge in [0.2, 0.25) is 0 Å². The lowest BCUT2D eigenvalue weighted by Crippen LogP contribution is -2.61. The van der Waals surface area contributed by atoms with Crippen LogP contribution in [0, 0.1) is 0 Å². The van der Waals surface area contributed by atoms with Crippen molar-refractivity contribution in [3.05, 3.63) is 177 Å². The molecular formula is C84H100BN3O. The van der Waals surface area contributed by atoms with Gasteiger partial charge in [0, 0.05) is 45.2 Å². The molecule has 89 heavy (non-hydrogen) atoms. The van der Waals surface area contributed by atoms with Crippen LogP contribution in [0.3, 0.4) is 0 Å². The third-order valence-corrected chi connectivity index (χ3v) is 24.8. The quantitative estimate of drug-likeness (QED) is 0.160. The van der Waals surface area contributed by atoms with E-state index in [1.54, 1.807) is 0 Å². The Morgan fingerprint density at radius 2 is 0.742 bits per heavy atom. The highest BCUT2D eigenvalue weighted by Gasteiger charge is 2.52. The molecule has 0 fully saturated rings. The molecule has 4 nitrogen and oxygen atoms in total. The van der Waals surface area contributed by atoms with Crippen LogP contribution in [0.4, 0.5) is 51.2 Å². The summed E-state index contributed by atoms with van der Waals surface area (Å²) in [5, 5.41) is 1.08. The van der Waals surface area contributed by atoms with Crippen molar-refractivity contribution in [1.29, 1.82) is 0 Å². The minimum atomic E-state index is -0.413.